The van der Waals surface area contributed by atoms with E-state index in [0.717, 1.165) is 30.6 Å². The Morgan fingerprint density at radius 2 is 2.00 bits per heavy atom. The second-order valence-electron chi connectivity index (χ2n) is 8.45. The highest BCUT2D eigenvalue weighted by atomic mass is 16.6. The van der Waals surface area contributed by atoms with E-state index in [2.05, 4.69) is 27.7 Å². The van der Waals surface area contributed by atoms with Gasteiger partial charge < -0.3 is 24.1 Å². The number of fused-ring (bicyclic) bond motifs is 1. The van der Waals surface area contributed by atoms with Gasteiger partial charge in [-0.15, -0.1) is 0 Å². The molecule has 0 unspecified atom stereocenters. The molecule has 0 atom stereocenters. The lowest BCUT2D eigenvalue weighted by Gasteiger charge is -2.29. The summed E-state index contributed by atoms with van der Waals surface area (Å²) in [6, 6.07) is 4.07. The van der Waals surface area contributed by atoms with Crippen molar-refractivity contribution in [1.82, 2.24) is 19.6 Å². The first-order valence-electron chi connectivity index (χ1n) is 9.96. The molecule has 1 aliphatic carbocycles. The highest BCUT2D eigenvalue weighted by Crippen LogP contribution is 2.44. The molecule has 4 rings (SSSR count). The van der Waals surface area contributed by atoms with Crippen molar-refractivity contribution in [3.63, 3.8) is 0 Å². The summed E-state index contributed by atoms with van der Waals surface area (Å²) in [7, 11) is 0. The van der Waals surface area contributed by atoms with E-state index >= 15 is 0 Å². The van der Waals surface area contributed by atoms with Gasteiger partial charge in [0.05, 0.1) is 30.5 Å². The fourth-order valence-corrected chi connectivity index (χ4v) is 3.26. The van der Waals surface area contributed by atoms with Crippen molar-refractivity contribution in [3.8, 4) is 0 Å². The van der Waals surface area contributed by atoms with Crippen molar-refractivity contribution in [2.24, 2.45) is 0 Å². The summed E-state index contributed by atoms with van der Waals surface area (Å²) in [5, 5.41) is 2.88. The third-order valence-electron chi connectivity index (χ3n) is 4.96. The minimum atomic E-state index is -0.407. The molecule has 2 fully saturated rings. The molecule has 0 spiro atoms. The van der Waals surface area contributed by atoms with Crippen molar-refractivity contribution >= 4 is 18.0 Å². The van der Waals surface area contributed by atoms with Gasteiger partial charge in [-0.1, -0.05) is 6.07 Å². The number of hydrogen-bond donors (Lipinski definition) is 1. The summed E-state index contributed by atoms with van der Waals surface area (Å²) >= 11 is 0. The van der Waals surface area contributed by atoms with Gasteiger partial charge in [-0.05, 0) is 52.2 Å². The fourth-order valence-electron chi connectivity index (χ4n) is 3.26. The number of carbonyl (C=O) groups is 2. The minimum absolute atomic E-state index is 0.220. The molecule has 29 heavy (non-hydrogen) atoms. The first kappa shape index (κ1) is 21.1. The van der Waals surface area contributed by atoms with Gasteiger partial charge in [0, 0.05) is 19.3 Å². The highest BCUT2D eigenvalue weighted by molar-refractivity contribution is 5.68. The predicted octanol–water partition coefficient (Wildman–Crippen LogP) is 2.63. The average molecular weight is 402 g/mol. The molecule has 3 heterocycles. The Balaban J connectivity index is 0.000000170. The standard InChI is InChI=1S/C12H13N3O.C9H17NO3/c1-9-3-2-6-15-10(9)7-13-11(15)12(4-5-12)14-8-16;1-9(2,3)13-8(11)10-4-6-12-7-5-10/h2-3,6-8H,4-5H2,1H3,(H,14,16);4-7H2,1-3H3. The Morgan fingerprint density at radius 3 is 2.59 bits per heavy atom. The number of rotatable bonds is 3. The lowest BCUT2D eigenvalue weighted by molar-refractivity contribution is -0.110. The van der Waals surface area contributed by atoms with Gasteiger partial charge in [-0.25, -0.2) is 9.78 Å². The van der Waals surface area contributed by atoms with Crippen molar-refractivity contribution in [2.45, 2.75) is 51.7 Å². The SMILES string of the molecule is CC(C)(C)OC(=O)N1CCOCC1.Cc1cccn2c(C3(NC=O)CC3)ncc12. The van der Waals surface area contributed by atoms with Crippen molar-refractivity contribution < 1.29 is 19.1 Å². The van der Waals surface area contributed by atoms with Crippen LogP contribution in [0.15, 0.2) is 24.5 Å². The summed E-state index contributed by atoms with van der Waals surface area (Å²) in [5.74, 6) is 0.943. The van der Waals surface area contributed by atoms with Crippen LogP contribution in [0.3, 0.4) is 0 Å². The number of aryl methyl sites for hydroxylation is 1. The Labute approximate surface area is 171 Å². The van der Waals surface area contributed by atoms with E-state index in [9.17, 15) is 9.59 Å². The molecular weight excluding hydrogens is 372 g/mol. The van der Waals surface area contributed by atoms with Gasteiger partial charge >= 0.3 is 6.09 Å². The van der Waals surface area contributed by atoms with Crippen LogP contribution < -0.4 is 5.32 Å². The van der Waals surface area contributed by atoms with E-state index < -0.39 is 5.60 Å². The van der Waals surface area contributed by atoms with Crippen LogP contribution in [0.4, 0.5) is 4.79 Å². The molecule has 2 aromatic heterocycles. The van der Waals surface area contributed by atoms with Gasteiger partial charge in [-0.3, -0.25) is 4.79 Å². The van der Waals surface area contributed by atoms with Crippen LogP contribution in [0.5, 0.6) is 0 Å². The summed E-state index contributed by atoms with van der Waals surface area (Å²) in [6.07, 6.45) is 6.34. The Hall–Kier alpha value is -2.61. The maximum Gasteiger partial charge on any atom is 0.410 e. The summed E-state index contributed by atoms with van der Waals surface area (Å²) < 4.78 is 12.4. The monoisotopic (exact) mass is 402 g/mol. The van der Waals surface area contributed by atoms with Crippen LogP contribution in [0.25, 0.3) is 5.52 Å². The second kappa shape index (κ2) is 8.41. The first-order valence-corrected chi connectivity index (χ1v) is 9.96. The number of aromatic nitrogens is 2. The van der Waals surface area contributed by atoms with Crippen LogP contribution in [0.1, 0.15) is 45.0 Å². The smallest absolute Gasteiger partial charge is 0.410 e. The number of amides is 2. The number of pyridine rings is 1. The second-order valence-corrected chi connectivity index (χ2v) is 8.45. The molecule has 158 valence electrons. The Bertz CT molecular complexity index is 861. The zero-order chi connectivity index (χ0) is 21.1. The number of imidazole rings is 1. The predicted molar refractivity (Wildman–Crippen MR) is 109 cm³/mol. The average Bonchev–Trinajstić information content (AvgIpc) is 3.30. The molecule has 1 saturated carbocycles. The molecule has 1 saturated heterocycles. The zero-order valence-electron chi connectivity index (χ0n) is 17.6. The number of ether oxygens (including phenoxy) is 2. The van der Waals surface area contributed by atoms with Crippen LogP contribution in [-0.2, 0) is 19.8 Å². The molecule has 8 heteroatoms. The van der Waals surface area contributed by atoms with Crippen LogP contribution >= 0.6 is 0 Å². The largest absolute Gasteiger partial charge is 0.444 e. The topological polar surface area (TPSA) is 85.2 Å². The molecule has 0 radical (unpaired) electrons. The van der Waals surface area contributed by atoms with E-state index in [1.807, 2.05) is 39.2 Å². The van der Waals surface area contributed by atoms with Gasteiger partial charge in [0.15, 0.2) is 0 Å². The maximum atomic E-state index is 11.5. The van der Waals surface area contributed by atoms with Gasteiger partial charge in [0.25, 0.3) is 0 Å². The molecule has 1 aliphatic heterocycles. The highest BCUT2D eigenvalue weighted by Gasteiger charge is 2.47. The number of carbonyl (C=O) groups excluding carboxylic acids is 2. The lowest BCUT2D eigenvalue weighted by Crippen LogP contribution is -2.43. The van der Waals surface area contributed by atoms with Crippen LogP contribution in [0.2, 0.25) is 0 Å². The van der Waals surface area contributed by atoms with Crippen molar-refractivity contribution in [2.75, 3.05) is 26.3 Å². The van der Waals surface area contributed by atoms with E-state index in [-0.39, 0.29) is 11.6 Å². The normalized spacial score (nSPS) is 17.9. The number of nitrogens with one attached hydrogen (secondary N) is 1. The fraction of sp³-hybridized carbons (Fsp3) is 0.571. The Morgan fingerprint density at radius 1 is 1.31 bits per heavy atom. The number of hydrogen-bond acceptors (Lipinski definition) is 5. The van der Waals surface area contributed by atoms with E-state index in [4.69, 9.17) is 9.47 Å². The molecule has 2 amide bonds. The van der Waals surface area contributed by atoms with Crippen molar-refractivity contribution in [1.29, 1.82) is 0 Å². The molecule has 0 aromatic carbocycles. The first-order chi connectivity index (χ1) is 13.8. The summed E-state index contributed by atoms with van der Waals surface area (Å²) in [4.78, 5) is 28.2. The molecule has 2 aliphatic rings. The number of nitrogens with zero attached hydrogens (tertiary/aromatic N) is 3. The lowest BCUT2D eigenvalue weighted by atomic mass is 10.2. The summed E-state index contributed by atoms with van der Waals surface area (Å²) in [5.41, 5.74) is 1.68. The van der Waals surface area contributed by atoms with Crippen LogP contribution in [-0.4, -0.2) is 58.7 Å². The van der Waals surface area contributed by atoms with E-state index in [1.54, 1.807) is 4.90 Å². The quantitative estimate of drug-likeness (QED) is 0.798. The molecular formula is C21H30N4O4. The van der Waals surface area contributed by atoms with Crippen LogP contribution in [0, 0.1) is 6.92 Å². The third kappa shape index (κ3) is 5.06. The van der Waals surface area contributed by atoms with E-state index in [0.29, 0.717) is 26.3 Å². The van der Waals surface area contributed by atoms with E-state index in [1.165, 1.54) is 5.56 Å². The van der Waals surface area contributed by atoms with Crippen molar-refractivity contribution in [3.05, 3.63) is 35.9 Å². The maximum absolute atomic E-state index is 11.5. The Kier molecular flexibility index (Phi) is 6.12. The zero-order valence-corrected chi connectivity index (χ0v) is 17.6. The molecule has 8 nitrogen and oxygen atoms in total. The third-order valence-corrected chi connectivity index (χ3v) is 4.96. The van der Waals surface area contributed by atoms with Gasteiger partial charge in [-0.2, -0.15) is 0 Å². The number of morpholine rings is 1. The minimum Gasteiger partial charge on any atom is -0.444 e. The molecule has 0 bridgehead atoms. The van der Waals surface area contributed by atoms with Gasteiger partial charge in [0.1, 0.15) is 11.4 Å². The molecule has 2 aromatic rings. The molecule has 1 N–H and O–H groups in total. The van der Waals surface area contributed by atoms with Gasteiger partial charge in [0.2, 0.25) is 6.41 Å². The summed E-state index contributed by atoms with van der Waals surface area (Å²) in [6.45, 7) is 10.2.